The molecule has 2 rings (SSSR count). The minimum absolute atomic E-state index is 0.0217. The number of carbonyl (C=O) groups excluding carboxylic acids is 1. The van der Waals surface area contributed by atoms with Crippen molar-refractivity contribution in [3.8, 4) is 0 Å². The van der Waals surface area contributed by atoms with Crippen molar-refractivity contribution in [2.75, 3.05) is 5.32 Å². The topological polar surface area (TPSA) is 70.7 Å². The molecule has 1 heterocycles. The number of rotatable bonds is 5. The van der Waals surface area contributed by atoms with Crippen molar-refractivity contribution in [2.45, 2.75) is 36.9 Å². The highest BCUT2D eigenvalue weighted by atomic mass is 35.5. The molecule has 0 radical (unpaired) electrons. The lowest BCUT2D eigenvalue weighted by atomic mass is 10.2. The van der Waals surface area contributed by atoms with Crippen molar-refractivity contribution >= 4 is 35.0 Å². The Morgan fingerprint density at radius 2 is 2.17 bits per heavy atom. The number of nitrogens with zero attached hydrogens (tertiary/aromatic N) is 2. The van der Waals surface area contributed by atoms with E-state index in [1.165, 1.54) is 6.07 Å². The van der Waals surface area contributed by atoms with Crippen LogP contribution in [-0.4, -0.2) is 26.3 Å². The molecule has 2 N–H and O–H groups in total. The van der Waals surface area contributed by atoms with Crippen LogP contribution >= 0.6 is 23.4 Å². The smallest absolute Gasteiger partial charge is 0.325 e. The van der Waals surface area contributed by atoms with Gasteiger partial charge in [0.2, 0.25) is 11.1 Å². The molecule has 0 aliphatic rings. The van der Waals surface area contributed by atoms with Gasteiger partial charge in [-0.05, 0) is 25.1 Å². The lowest BCUT2D eigenvalue weighted by Gasteiger charge is -2.13. The van der Waals surface area contributed by atoms with E-state index >= 15 is 0 Å². The second-order valence-corrected chi connectivity index (χ2v) is 6.58. The highest BCUT2D eigenvalue weighted by molar-refractivity contribution is 8.00. The van der Waals surface area contributed by atoms with Crippen LogP contribution < -0.4 is 5.32 Å². The number of thioether (sulfide) groups is 1. The van der Waals surface area contributed by atoms with Crippen LogP contribution in [-0.2, 0) is 17.4 Å². The van der Waals surface area contributed by atoms with E-state index in [4.69, 9.17) is 11.6 Å². The summed E-state index contributed by atoms with van der Waals surface area (Å²) in [4.78, 5) is 16.3. The molecule has 1 atom stereocenters. The number of aromatic amines is 1. The molecule has 1 aromatic carbocycles. The third kappa shape index (κ3) is 4.64. The van der Waals surface area contributed by atoms with Gasteiger partial charge in [-0.25, -0.2) is 4.98 Å². The maximum absolute atomic E-state index is 12.8. The van der Waals surface area contributed by atoms with Gasteiger partial charge in [0.25, 0.3) is 0 Å². The monoisotopic (exact) mass is 378 g/mol. The summed E-state index contributed by atoms with van der Waals surface area (Å²) in [6, 6.07) is 3.22. The van der Waals surface area contributed by atoms with E-state index in [1.807, 2.05) is 6.92 Å². The molecule has 0 bridgehead atoms. The Hall–Kier alpha value is -1.74. The standard InChI is InChI=1S/C14H14ClF3N4OS/c1-3-11-20-13(22-21-11)24-7(2)12(23)19-8-4-5-10(15)9(6-8)14(16,17)18/h4-7H,3H2,1-2H3,(H,19,23)(H,20,21,22). The van der Waals surface area contributed by atoms with Crippen LogP contribution in [0.5, 0.6) is 0 Å². The van der Waals surface area contributed by atoms with Gasteiger partial charge in [0, 0.05) is 12.1 Å². The van der Waals surface area contributed by atoms with Crippen LogP contribution in [0.2, 0.25) is 5.02 Å². The summed E-state index contributed by atoms with van der Waals surface area (Å²) in [5, 5.41) is 8.52. The summed E-state index contributed by atoms with van der Waals surface area (Å²) in [7, 11) is 0. The van der Waals surface area contributed by atoms with E-state index in [9.17, 15) is 18.0 Å². The fourth-order valence-corrected chi connectivity index (χ4v) is 2.73. The minimum atomic E-state index is -4.59. The van der Waals surface area contributed by atoms with E-state index in [2.05, 4.69) is 20.5 Å². The van der Waals surface area contributed by atoms with Crippen molar-refractivity contribution in [1.29, 1.82) is 0 Å². The summed E-state index contributed by atoms with van der Waals surface area (Å²) in [6.07, 6.45) is -3.91. The quantitative estimate of drug-likeness (QED) is 0.766. The average Bonchev–Trinajstić information content (AvgIpc) is 2.95. The number of halogens is 4. The van der Waals surface area contributed by atoms with Gasteiger partial charge >= 0.3 is 6.18 Å². The predicted molar refractivity (Wildman–Crippen MR) is 86.2 cm³/mol. The molecule has 5 nitrogen and oxygen atoms in total. The van der Waals surface area contributed by atoms with Crippen LogP contribution in [0.4, 0.5) is 18.9 Å². The van der Waals surface area contributed by atoms with Crippen molar-refractivity contribution in [3.05, 3.63) is 34.6 Å². The van der Waals surface area contributed by atoms with Gasteiger partial charge in [-0.1, -0.05) is 30.3 Å². The first-order chi connectivity index (χ1) is 11.2. The molecular formula is C14H14ClF3N4OS. The summed E-state index contributed by atoms with van der Waals surface area (Å²) in [5.41, 5.74) is -0.975. The fraction of sp³-hybridized carbons (Fsp3) is 0.357. The minimum Gasteiger partial charge on any atom is -0.325 e. The normalized spacial score (nSPS) is 12.9. The Morgan fingerprint density at radius 3 is 2.75 bits per heavy atom. The Kier molecular flexibility index (Phi) is 5.76. The number of hydrogen-bond donors (Lipinski definition) is 2. The zero-order valence-electron chi connectivity index (χ0n) is 12.7. The Bertz CT molecular complexity index is 735. The lowest BCUT2D eigenvalue weighted by Crippen LogP contribution is -2.22. The number of carbonyl (C=O) groups is 1. The molecule has 10 heteroatoms. The molecule has 1 amide bonds. The first kappa shape index (κ1) is 18.6. The third-order valence-corrected chi connectivity index (χ3v) is 4.33. The molecule has 1 unspecified atom stereocenters. The second-order valence-electron chi connectivity index (χ2n) is 4.86. The molecule has 24 heavy (non-hydrogen) atoms. The van der Waals surface area contributed by atoms with Crippen LogP contribution in [0.1, 0.15) is 25.2 Å². The molecule has 0 spiro atoms. The van der Waals surface area contributed by atoms with Crippen LogP contribution in [0.25, 0.3) is 0 Å². The SMILES string of the molecule is CCc1nc(SC(C)C(=O)Nc2ccc(Cl)c(C(F)(F)F)c2)n[nH]1. The summed E-state index contributed by atoms with van der Waals surface area (Å²) < 4.78 is 38.5. The Labute approximate surface area is 145 Å². The predicted octanol–water partition coefficient (Wildman–Crippen LogP) is 4.16. The van der Waals surface area contributed by atoms with Crippen molar-refractivity contribution < 1.29 is 18.0 Å². The fourth-order valence-electron chi connectivity index (χ4n) is 1.76. The largest absolute Gasteiger partial charge is 0.417 e. The van der Waals surface area contributed by atoms with Gasteiger partial charge in [-0.3, -0.25) is 9.89 Å². The van der Waals surface area contributed by atoms with Crippen LogP contribution in [0.15, 0.2) is 23.4 Å². The maximum Gasteiger partial charge on any atom is 0.417 e. The van der Waals surface area contributed by atoms with Gasteiger partial charge in [-0.15, -0.1) is 5.10 Å². The van der Waals surface area contributed by atoms with Crippen molar-refractivity contribution in [1.82, 2.24) is 15.2 Å². The molecule has 1 aromatic heterocycles. The van der Waals surface area contributed by atoms with E-state index in [0.717, 1.165) is 23.9 Å². The Balaban J connectivity index is 2.06. The Morgan fingerprint density at radius 1 is 1.46 bits per heavy atom. The van der Waals surface area contributed by atoms with Gasteiger partial charge < -0.3 is 5.32 Å². The number of alkyl halides is 3. The molecule has 0 saturated carbocycles. The summed E-state index contributed by atoms with van der Waals surface area (Å²) in [5.74, 6) is 0.232. The molecule has 2 aromatic rings. The summed E-state index contributed by atoms with van der Waals surface area (Å²) >= 11 is 6.65. The van der Waals surface area contributed by atoms with Crippen molar-refractivity contribution in [2.24, 2.45) is 0 Å². The number of nitrogens with one attached hydrogen (secondary N) is 2. The molecule has 130 valence electrons. The molecule has 0 aliphatic heterocycles. The zero-order valence-corrected chi connectivity index (χ0v) is 14.3. The number of hydrogen-bond acceptors (Lipinski definition) is 4. The van der Waals surface area contributed by atoms with Gasteiger partial charge in [0.15, 0.2) is 0 Å². The molecule has 0 fully saturated rings. The zero-order chi connectivity index (χ0) is 17.9. The summed E-state index contributed by atoms with van der Waals surface area (Å²) in [6.45, 7) is 3.52. The number of aryl methyl sites for hydroxylation is 1. The number of amides is 1. The number of aromatic nitrogens is 3. The number of benzene rings is 1. The number of anilines is 1. The van der Waals surface area contributed by atoms with Gasteiger partial charge in [0.05, 0.1) is 15.8 Å². The highest BCUT2D eigenvalue weighted by Crippen LogP contribution is 2.36. The maximum atomic E-state index is 12.8. The van der Waals surface area contributed by atoms with E-state index in [1.54, 1.807) is 6.92 Å². The first-order valence-electron chi connectivity index (χ1n) is 6.96. The van der Waals surface area contributed by atoms with Crippen LogP contribution in [0, 0.1) is 0 Å². The third-order valence-electron chi connectivity index (χ3n) is 3.04. The molecule has 0 aliphatic carbocycles. The van der Waals surface area contributed by atoms with Gasteiger partial charge in [-0.2, -0.15) is 13.2 Å². The highest BCUT2D eigenvalue weighted by Gasteiger charge is 2.33. The van der Waals surface area contributed by atoms with E-state index in [0.29, 0.717) is 17.4 Å². The molecular weight excluding hydrogens is 365 g/mol. The van der Waals surface area contributed by atoms with Crippen LogP contribution in [0.3, 0.4) is 0 Å². The van der Waals surface area contributed by atoms with Crippen molar-refractivity contribution in [3.63, 3.8) is 0 Å². The van der Waals surface area contributed by atoms with E-state index < -0.39 is 27.9 Å². The average molecular weight is 379 g/mol. The second kappa shape index (κ2) is 7.43. The van der Waals surface area contributed by atoms with Gasteiger partial charge in [0.1, 0.15) is 5.82 Å². The number of H-pyrrole nitrogens is 1. The lowest BCUT2D eigenvalue weighted by molar-refractivity contribution is -0.137. The van der Waals surface area contributed by atoms with E-state index in [-0.39, 0.29) is 5.69 Å². The first-order valence-corrected chi connectivity index (χ1v) is 8.22. The molecule has 0 saturated heterocycles.